The Kier molecular flexibility index (Phi) is 6.63. The van der Waals surface area contributed by atoms with E-state index in [4.69, 9.17) is 9.31 Å². The van der Waals surface area contributed by atoms with Gasteiger partial charge in [0, 0.05) is 6.42 Å². The van der Waals surface area contributed by atoms with E-state index >= 15 is 0 Å². The average Bonchev–Trinajstić information content (AvgIpc) is 3.17. The van der Waals surface area contributed by atoms with E-state index in [1.807, 2.05) is 6.07 Å². The largest absolute Gasteiger partial charge is 0.482 e. The third-order valence-electron chi connectivity index (χ3n) is 9.42. The smallest absolute Gasteiger partial charge is 0.404 e. The molecule has 5 fully saturated rings. The van der Waals surface area contributed by atoms with Crippen molar-refractivity contribution in [2.24, 2.45) is 23.2 Å². The maximum Gasteiger partial charge on any atom is 0.482 e. The molecule has 0 radical (unpaired) electrons. The van der Waals surface area contributed by atoms with Gasteiger partial charge in [-0.15, -0.1) is 0 Å². The van der Waals surface area contributed by atoms with Crippen molar-refractivity contribution in [3.8, 4) is 0 Å². The second-order valence-corrected chi connectivity index (χ2v) is 11.8. The number of hydrogen-bond donors (Lipinski definition) is 2. The Balaban J connectivity index is 1.23. The number of piperidine rings is 1. The van der Waals surface area contributed by atoms with Crippen LogP contribution in [0, 0.1) is 23.2 Å². The predicted octanol–water partition coefficient (Wildman–Crippen LogP) is 4.15. The lowest BCUT2D eigenvalue weighted by Gasteiger charge is -2.64. The van der Waals surface area contributed by atoms with Crippen molar-refractivity contribution in [3.63, 3.8) is 0 Å². The van der Waals surface area contributed by atoms with Crippen LogP contribution in [0.4, 0.5) is 0 Å². The van der Waals surface area contributed by atoms with Gasteiger partial charge in [-0.3, -0.25) is 4.79 Å². The number of benzene rings is 1. The first-order valence-corrected chi connectivity index (χ1v) is 13.2. The van der Waals surface area contributed by atoms with Crippen LogP contribution in [0.5, 0.6) is 0 Å². The third kappa shape index (κ3) is 4.63. The van der Waals surface area contributed by atoms with Gasteiger partial charge in [0.1, 0.15) is 0 Å². The second kappa shape index (κ2) is 9.35. The quantitative estimate of drug-likeness (QED) is 0.582. The van der Waals surface area contributed by atoms with Gasteiger partial charge >= 0.3 is 7.12 Å². The van der Waals surface area contributed by atoms with Gasteiger partial charge in [0.25, 0.3) is 0 Å². The van der Waals surface area contributed by atoms with Crippen LogP contribution in [0.3, 0.4) is 0 Å². The Morgan fingerprint density at radius 3 is 2.67 bits per heavy atom. The number of carbonyl (C=O) groups excluding carboxylic acids is 1. The highest BCUT2D eigenvalue weighted by Gasteiger charge is 2.68. The zero-order chi connectivity index (χ0) is 23.1. The van der Waals surface area contributed by atoms with Crippen LogP contribution < -0.4 is 10.6 Å². The molecule has 6 heteroatoms. The normalized spacial score (nSPS) is 33.8. The van der Waals surface area contributed by atoms with Crippen molar-refractivity contribution >= 4 is 13.0 Å². The molecular formula is C27H41BN2O3. The van der Waals surface area contributed by atoms with Crippen molar-refractivity contribution in [1.82, 2.24) is 10.6 Å². The molecule has 1 aromatic rings. The number of hydrogen-bond acceptors (Lipinski definition) is 4. The van der Waals surface area contributed by atoms with Crippen LogP contribution in [0.15, 0.2) is 30.3 Å². The lowest BCUT2D eigenvalue weighted by Crippen LogP contribution is -2.65. The number of amides is 1. The summed E-state index contributed by atoms with van der Waals surface area (Å²) < 4.78 is 13.3. The highest BCUT2D eigenvalue weighted by molar-refractivity contribution is 6.48. The molecule has 2 N–H and O–H groups in total. The molecule has 6 rings (SSSR count). The SMILES string of the molecule is CC1(C)[C@@H]2C[C@H]3OB(C(Cc4ccccc4)NC(=O)CCCC4CCNCC4)O[C@@]3(C)[C@H]1C2. The van der Waals surface area contributed by atoms with Gasteiger partial charge in [0.05, 0.1) is 17.6 Å². The van der Waals surface area contributed by atoms with Gasteiger partial charge in [-0.05, 0) is 93.7 Å². The summed E-state index contributed by atoms with van der Waals surface area (Å²) in [5.41, 5.74) is 1.27. The van der Waals surface area contributed by atoms with E-state index in [-0.39, 0.29) is 30.7 Å². The third-order valence-corrected chi connectivity index (χ3v) is 9.42. The van der Waals surface area contributed by atoms with E-state index in [0.29, 0.717) is 17.8 Å². The first-order valence-electron chi connectivity index (χ1n) is 13.2. The van der Waals surface area contributed by atoms with Crippen molar-refractivity contribution in [2.75, 3.05) is 13.1 Å². The topological polar surface area (TPSA) is 59.6 Å². The lowest BCUT2D eigenvalue weighted by molar-refractivity contribution is -0.199. The summed E-state index contributed by atoms with van der Waals surface area (Å²) in [4.78, 5) is 13.0. The predicted molar refractivity (Wildman–Crippen MR) is 132 cm³/mol. The van der Waals surface area contributed by atoms with Crippen LogP contribution in [-0.4, -0.2) is 43.8 Å². The van der Waals surface area contributed by atoms with Crippen LogP contribution >= 0.6 is 0 Å². The molecule has 0 aromatic heterocycles. The van der Waals surface area contributed by atoms with Gasteiger partial charge in [0.15, 0.2) is 0 Å². The van der Waals surface area contributed by atoms with Gasteiger partial charge in [0.2, 0.25) is 5.91 Å². The second-order valence-electron chi connectivity index (χ2n) is 11.8. The minimum absolute atomic E-state index is 0.127. The molecule has 5 aliphatic rings. The summed E-state index contributed by atoms with van der Waals surface area (Å²) in [6.45, 7) is 9.25. The fourth-order valence-electron chi connectivity index (χ4n) is 7.16. The maximum atomic E-state index is 13.0. The molecule has 5 atom stereocenters. The molecule has 2 heterocycles. The number of nitrogens with one attached hydrogen (secondary N) is 2. The molecule has 1 aromatic carbocycles. The van der Waals surface area contributed by atoms with Crippen molar-refractivity contribution in [2.45, 2.75) is 89.8 Å². The van der Waals surface area contributed by atoms with Crippen molar-refractivity contribution < 1.29 is 14.1 Å². The van der Waals surface area contributed by atoms with Crippen molar-refractivity contribution in [3.05, 3.63) is 35.9 Å². The minimum Gasteiger partial charge on any atom is -0.404 e. The highest BCUT2D eigenvalue weighted by Crippen LogP contribution is 2.65. The molecule has 33 heavy (non-hydrogen) atoms. The van der Waals surface area contributed by atoms with Gasteiger partial charge < -0.3 is 19.9 Å². The lowest BCUT2D eigenvalue weighted by atomic mass is 9.43. The first-order chi connectivity index (χ1) is 15.9. The Labute approximate surface area is 199 Å². The molecule has 2 saturated heterocycles. The molecule has 180 valence electrons. The molecular weight excluding hydrogens is 411 g/mol. The first kappa shape index (κ1) is 23.4. The maximum absolute atomic E-state index is 13.0. The molecule has 3 saturated carbocycles. The zero-order valence-corrected chi connectivity index (χ0v) is 20.6. The van der Waals surface area contributed by atoms with E-state index in [2.05, 4.69) is 55.7 Å². The van der Waals surface area contributed by atoms with Crippen LogP contribution in [0.1, 0.15) is 71.3 Å². The molecule has 2 aliphatic heterocycles. The fraction of sp³-hybridized carbons (Fsp3) is 0.741. The Bertz CT molecular complexity index is 828. The standard InChI is InChI=1S/C27H41BN2O3/c1-26(2)21-17-22(26)27(3)23(18-21)32-28(33-27)24(16-20-8-5-4-6-9-20)30-25(31)11-7-10-19-12-14-29-15-13-19/h4-6,8-9,19,21-24,29H,7,10-18H2,1-3H3,(H,30,31)/t21-,22-,23+,24?,27-/m0/s1. The Morgan fingerprint density at radius 1 is 1.18 bits per heavy atom. The molecule has 5 nitrogen and oxygen atoms in total. The Hall–Kier alpha value is -1.37. The van der Waals surface area contributed by atoms with Crippen LogP contribution in [0.2, 0.25) is 0 Å². The fourth-order valence-corrected chi connectivity index (χ4v) is 7.16. The van der Waals surface area contributed by atoms with E-state index < -0.39 is 0 Å². The average molecular weight is 452 g/mol. The summed E-state index contributed by atoms with van der Waals surface area (Å²) in [5, 5.41) is 6.74. The van der Waals surface area contributed by atoms with Gasteiger partial charge in [-0.1, -0.05) is 44.2 Å². The summed E-state index contributed by atoms with van der Waals surface area (Å²) in [6.07, 6.45) is 8.33. The Morgan fingerprint density at radius 2 is 1.94 bits per heavy atom. The van der Waals surface area contributed by atoms with Crippen molar-refractivity contribution in [1.29, 1.82) is 0 Å². The molecule has 3 aliphatic carbocycles. The molecule has 0 spiro atoms. The van der Waals surface area contributed by atoms with Gasteiger partial charge in [-0.25, -0.2) is 0 Å². The van der Waals surface area contributed by atoms with Crippen LogP contribution in [-0.2, 0) is 20.5 Å². The summed E-state index contributed by atoms with van der Waals surface area (Å²) in [6, 6.07) is 10.4. The molecule has 1 amide bonds. The summed E-state index contributed by atoms with van der Waals surface area (Å²) in [5.74, 6) is 1.97. The number of carbonyl (C=O) groups is 1. The van der Waals surface area contributed by atoms with E-state index in [1.165, 1.54) is 24.8 Å². The zero-order valence-electron chi connectivity index (χ0n) is 20.6. The highest BCUT2D eigenvalue weighted by atomic mass is 16.7. The van der Waals surface area contributed by atoms with Gasteiger partial charge in [-0.2, -0.15) is 0 Å². The van der Waals surface area contributed by atoms with E-state index in [9.17, 15) is 4.79 Å². The summed E-state index contributed by atoms with van der Waals surface area (Å²) in [7, 11) is -0.385. The van der Waals surface area contributed by atoms with E-state index in [0.717, 1.165) is 50.6 Å². The van der Waals surface area contributed by atoms with Crippen LogP contribution in [0.25, 0.3) is 0 Å². The summed E-state index contributed by atoms with van der Waals surface area (Å²) >= 11 is 0. The van der Waals surface area contributed by atoms with E-state index in [1.54, 1.807) is 0 Å². The monoisotopic (exact) mass is 452 g/mol. The number of rotatable bonds is 8. The minimum atomic E-state index is -0.385. The molecule has 2 bridgehead atoms. The molecule has 1 unspecified atom stereocenters.